The van der Waals surface area contributed by atoms with Crippen LogP contribution in [0.4, 0.5) is 15.6 Å². The molecule has 6 heteroatoms. The summed E-state index contributed by atoms with van der Waals surface area (Å²) in [6, 6.07) is 13.8. The molecule has 3 aromatic rings. The highest BCUT2D eigenvalue weighted by molar-refractivity contribution is 9.10. The highest BCUT2D eigenvalue weighted by atomic mass is 79.9. The number of nitrogens with one attached hydrogen (secondary N) is 1. The Hall–Kier alpha value is -2.18. The van der Waals surface area contributed by atoms with Crippen LogP contribution in [0.1, 0.15) is 18.1 Å². The van der Waals surface area contributed by atoms with E-state index in [9.17, 15) is 4.79 Å². The molecule has 0 aliphatic heterocycles. The summed E-state index contributed by atoms with van der Waals surface area (Å²) in [6.45, 7) is 6.49. The summed E-state index contributed by atoms with van der Waals surface area (Å²) < 4.78 is 1.03. The standard InChI is InChI=1S/C20H20BrN3OS/c1-4-24(19(25)22-17-11-13(2)5-6-14(17)3)20-23-18(12-26-20)15-7-9-16(21)10-8-15/h5-12H,4H2,1-3H3,(H,22,25). The van der Waals surface area contributed by atoms with Gasteiger partial charge in [-0.3, -0.25) is 4.90 Å². The maximum Gasteiger partial charge on any atom is 0.328 e. The molecule has 0 aliphatic rings. The van der Waals surface area contributed by atoms with Gasteiger partial charge in [0.15, 0.2) is 5.13 Å². The molecule has 1 N–H and O–H groups in total. The van der Waals surface area contributed by atoms with E-state index in [4.69, 9.17) is 0 Å². The number of aromatic nitrogens is 1. The van der Waals surface area contributed by atoms with Crippen molar-refractivity contribution >= 4 is 44.1 Å². The number of hydrogen-bond donors (Lipinski definition) is 1. The smallest absolute Gasteiger partial charge is 0.307 e. The SMILES string of the molecule is CCN(C(=O)Nc1cc(C)ccc1C)c1nc(-c2ccc(Br)cc2)cs1. The molecule has 0 saturated heterocycles. The third kappa shape index (κ3) is 4.14. The lowest BCUT2D eigenvalue weighted by Gasteiger charge is -2.19. The number of carbonyl (C=O) groups excluding carboxylic acids is 1. The van der Waals surface area contributed by atoms with Crippen LogP contribution in [0.5, 0.6) is 0 Å². The van der Waals surface area contributed by atoms with E-state index in [2.05, 4.69) is 26.2 Å². The summed E-state index contributed by atoms with van der Waals surface area (Å²) in [6.07, 6.45) is 0. The van der Waals surface area contributed by atoms with E-state index in [1.807, 2.05) is 68.6 Å². The van der Waals surface area contributed by atoms with Gasteiger partial charge >= 0.3 is 6.03 Å². The van der Waals surface area contributed by atoms with Crippen molar-refractivity contribution in [3.05, 3.63) is 63.4 Å². The highest BCUT2D eigenvalue weighted by Gasteiger charge is 2.18. The summed E-state index contributed by atoms with van der Waals surface area (Å²) in [5.41, 5.74) is 4.88. The third-order valence-corrected chi connectivity index (χ3v) is 5.45. The van der Waals surface area contributed by atoms with E-state index in [1.165, 1.54) is 11.3 Å². The molecule has 0 radical (unpaired) electrons. The number of benzene rings is 2. The molecule has 0 spiro atoms. The molecular formula is C20H20BrN3OS. The van der Waals surface area contributed by atoms with Gasteiger partial charge in [-0.05, 0) is 50.1 Å². The average molecular weight is 430 g/mol. The lowest BCUT2D eigenvalue weighted by atomic mass is 10.1. The maximum atomic E-state index is 12.8. The number of aryl methyl sites for hydroxylation is 2. The molecule has 0 aliphatic carbocycles. The number of urea groups is 1. The molecular weight excluding hydrogens is 410 g/mol. The summed E-state index contributed by atoms with van der Waals surface area (Å²) in [7, 11) is 0. The van der Waals surface area contributed by atoms with Gasteiger partial charge in [0.2, 0.25) is 0 Å². The molecule has 1 aromatic heterocycles. The predicted octanol–water partition coefficient (Wildman–Crippen LogP) is 6.25. The lowest BCUT2D eigenvalue weighted by molar-refractivity contribution is 0.257. The van der Waals surface area contributed by atoms with E-state index in [0.717, 1.165) is 32.5 Å². The van der Waals surface area contributed by atoms with Crippen LogP contribution in [-0.4, -0.2) is 17.6 Å². The van der Waals surface area contributed by atoms with Gasteiger partial charge in [0.05, 0.1) is 5.69 Å². The molecule has 0 unspecified atom stereocenters. The number of anilines is 2. The number of nitrogens with zero attached hydrogens (tertiary/aromatic N) is 2. The minimum Gasteiger partial charge on any atom is -0.307 e. The molecule has 0 atom stereocenters. The van der Waals surface area contributed by atoms with E-state index < -0.39 is 0 Å². The Morgan fingerprint density at radius 2 is 1.92 bits per heavy atom. The zero-order chi connectivity index (χ0) is 18.7. The Labute approximate surface area is 166 Å². The van der Waals surface area contributed by atoms with Crippen LogP contribution >= 0.6 is 27.3 Å². The number of amides is 2. The van der Waals surface area contributed by atoms with Gasteiger partial charge in [-0.15, -0.1) is 11.3 Å². The Balaban J connectivity index is 1.81. The van der Waals surface area contributed by atoms with Crippen LogP contribution in [0, 0.1) is 13.8 Å². The van der Waals surface area contributed by atoms with Crippen molar-refractivity contribution in [3.8, 4) is 11.3 Å². The summed E-state index contributed by atoms with van der Waals surface area (Å²) >= 11 is 4.91. The molecule has 0 saturated carbocycles. The Kier molecular flexibility index (Phi) is 5.74. The van der Waals surface area contributed by atoms with Crippen LogP contribution in [-0.2, 0) is 0 Å². The second-order valence-corrected chi connectivity index (χ2v) is 7.77. The molecule has 134 valence electrons. The van der Waals surface area contributed by atoms with E-state index >= 15 is 0 Å². The van der Waals surface area contributed by atoms with Crippen molar-refractivity contribution in [2.75, 3.05) is 16.8 Å². The van der Waals surface area contributed by atoms with Crippen LogP contribution < -0.4 is 10.2 Å². The van der Waals surface area contributed by atoms with Crippen LogP contribution in [0.15, 0.2) is 52.3 Å². The molecule has 0 bridgehead atoms. The van der Waals surface area contributed by atoms with Gasteiger partial charge in [-0.2, -0.15) is 0 Å². The van der Waals surface area contributed by atoms with Gasteiger partial charge in [0.25, 0.3) is 0 Å². The molecule has 3 rings (SSSR count). The number of hydrogen-bond acceptors (Lipinski definition) is 3. The van der Waals surface area contributed by atoms with Crippen LogP contribution in [0.2, 0.25) is 0 Å². The van der Waals surface area contributed by atoms with Crippen molar-refractivity contribution in [1.29, 1.82) is 0 Å². The minimum absolute atomic E-state index is 0.169. The van der Waals surface area contributed by atoms with Crippen LogP contribution in [0.25, 0.3) is 11.3 Å². The average Bonchev–Trinajstić information content (AvgIpc) is 3.09. The van der Waals surface area contributed by atoms with E-state index in [-0.39, 0.29) is 6.03 Å². The number of carbonyl (C=O) groups is 1. The third-order valence-electron chi connectivity index (χ3n) is 4.06. The monoisotopic (exact) mass is 429 g/mol. The molecule has 0 fully saturated rings. The van der Waals surface area contributed by atoms with Gasteiger partial charge in [-0.25, -0.2) is 9.78 Å². The first-order valence-electron chi connectivity index (χ1n) is 8.35. The van der Waals surface area contributed by atoms with Crippen molar-refractivity contribution in [3.63, 3.8) is 0 Å². The first kappa shape index (κ1) is 18.6. The fourth-order valence-corrected chi connectivity index (χ4v) is 3.72. The molecule has 2 amide bonds. The summed E-state index contributed by atoms with van der Waals surface area (Å²) in [4.78, 5) is 19.1. The molecule has 1 heterocycles. The molecule has 4 nitrogen and oxygen atoms in total. The van der Waals surface area contributed by atoms with Crippen molar-refractivity contribution in [2.45, 2.75) is 20.8 Å². The van der Waals surface area contributed by atoms with E-state index in [1.54, 1.807) is 4.90 Å². The van der Waals surface area contributed by atoms with Crippen LogP contribution in [0.3, 0.4) is 0 Å². The largest absolute Gasteiger partial charge is 0.328 e. The first-order valence-corrected chi connectivity index (χ1v) is 10.0. The second-order valence-electron chi connectivity index (χ2n) is 6.02. The predicted molar refractivity (Wildman–Crippen MR) is 113 cm³/mol. The van der Waals surface area contributed by atoms with E-state index in [0.29, 0.717) is 11.7 Å². The second kappa shape index (κ2) is 8.01. The van der Waals surface area contributed by atoms with Gasteiger partial charge < -0.3 is 5.32 Å². The molecule has 26 heavy (non-hydrogen) atoms. The number of halogens is 1. The number of rotatable bonds is 4. The lowest BCUT2D eigenvalue weighted by Crippen LogP contribution is -2.34. The topological polar surface area (TPSA) is 45.2 Å². The van der Waals surface area contributed by atoms with Gasteiger partial charge in [0.1, 0.15) is 0 Å². The zero-order valence-corrected chi connectivity index (χ0v) is 17.3. The highest BCUT2D eigenvalue weighted by Crippen LogP contribution is 2.29. The first-order chi connectivity index (χ1) is 12.5. The Morgan fingerprint density at radius 3 is 2.62 bits per heavy atom. The number of thiazole rings is 1. The normalized spacial score (nSPS) is 10.6. The maximum absolute atomic E-state index is 12.8. The fourth-order valence-electron chi connectivity index (χ4n) is 2.56. The summed E-state index contributed by atoms with van der Waals surface area (Å²) in [5, 5.41) is 5.67. The minimum atomic E-state index is -0.169. The zero-order valence-electron chi connectivity index (χ0n) is 14.9. The van der Waals surface area contributed by atoms with Gasteiger partial charge in [-0.1, -0.05) is 40.2 Å². The van der Waals surface area contributed by atoms with Crippen molar-refractivity contribution in [1.82, 2.24) is 4.98 Å². The fraction of sp³-hybridized carbons (Fsp3) is 0.200. The quantitative estimate of drug-likeness (QED) is 0.532. The Morgan fingerprint density at radius 1 is 1.19 bits per heavy atom. The Bertz CT molecular complexity index is 921. The molecule has 2 aromatic carbocycles. The summed E-state index contributed by atoms with van der Waals surface area (Å²) in [5.74, 6) is 0. The van der Waals surface area contributed by atoms with Crippen molar-refractivity contribution < 1.29 is 4.79 Å². The van der Waals surface area contributed by atoms with Crippen molar-refractivity contribution in [2.24, 2.45) is 0 Å². The van der Waals surface area contributed by atoms with Gasteiger partial charge in [0, 0.05) is 27.6 Å².